The highest BCUT2D eigenvalue weighted by molar-refractivity contribution is 7.90. The van der Waals surface area contributed by atoms with Crippen molar-refractivity contribution in [3.63, 3.8) is 0 Å². The number of halogens is 2. The maximum absolute atomic E-state index is 14.9. The molecular formula is C57H64F2N8O9S. The summed E-state index contributed by atoms with van der Waals surface area (Å²) in [5, 5.41) is 26.8. The van der Waals surface area contributed by atoms with Gasteiger partial charge in [0.2, 0.25) is 6.79 Å². The van der Waals surface area contributed by atoms with E-state index >= 15 is 0 Å². The highest BCUT2D eigenvalue weighted by Gasteiger charge is 2.50. The van der Waals surface area contributed by atoms with Crippen molar-refractivity contribution in [2.45, 2.75) is 107 Å². The van der Waals surface area contributed by atoms with Crippen LogP contribution < -0.4 is 29.1 Å². The van der Waals surface area contributed by atoms with Crippen molar-refractivity contribution in [3.05, 3.63) is 135 Å². The van der Waals surface area contributed by atoms with Crippen molar-refractivity contribution in [1.29, 1.82) is 0 Å². The highest BCUT2D eigenvalue weighted by atomic mass is 32.2. The van der Waals surface area contributed by atoms with Crippen molar-refractivity contribution in [2.75, 3.05) is 56.3 Å². The topological polar surface area (TPSA) is 205 Å². The Morgan fingerprint density at radius 2 is 1.70 bits per heavy atom. The summed E-state index contributed by atoms with van der Waals surface area (Å²) in [6.07, 6.45) is 9.68. The molecule has 0 bridgehead atoms. The number of nitrogens with one attached hydrogen (secondary N) is 3. The maximum atomic E-state index is 14.9. The smallest absolute Gasteiger partial charge is 0.297 e. The Morgan fingerprint density at radius 1 is 0.961 bits per heavy atom. The van der Waals surface area contributed by atoms with Crippen LogP contribution in [0.15, 0.2) is 96.2 Å². The molecule has 77 heavy (non-hydrogen) atoms. The van der Waals surface area contributed by atoms with Crippen LogP contribution in [-0.2, 0) is 16.6 Å². The van der Waals surface area contributed by atoms with E-state index in [1.165, 1.54) is 41.6 Å². The minimum atomic E-state index is -4.84. The van der Waals surface area contributed by atoms with E-state index < -0.39 is 55.5 Å². The number of aromatic amines is 1. The van der Waals surface area contributed by atoms with Gasteiger partial charge in [0.15, 0.2) is 17.2 Å². The van der Waals surface area contributed by atoms with Gasteiger partial charge in [0, 0.05) is 92.9 Å². The molecule has 4 N–H and O–H groups in total. The lowest BCUT2D eigenvalue weighted by Crippen LogP contribution is -2.60. The van der Waals surface area contributed by atoms with Crippen molar-refractivity contribution in [1.82, 2.24) is 24.5 Å². The Morgan fingerprint density at radius 3 is 2.44 bits per heavy atom. The minimum absolute atomic E-state index is 0.0328. The van der Waals surface area contributed by atoms with E-state index in [4.69, 9.17) is 14.2 Å². The molecule has 2 aromatic heterocycles. The Hall–Kier alpha value is -6.87. The summed E-state index contributed by atoms with van der Waals surface area (Å²) in [6, 6.07) is 22.5. The number of amides is 1. The number of benzene rings is 4. The Kier molecular flexibility index (Phi) is 14.1. The molecule has 2 aliphatic carbocycles. The van der Waals surface area contributed by atoms with Gasteiger partial charge in [-0.3, -0.25) is 24.7 Å². The number of fused-ring (bicyclic) bond motifs is 2. The van der Waals surface area contributed by atoms with Crippen molar-refractivity contribution >= 4 is 44.0 Å². The normalized spacial score (nSPS) is 21.8. The lowest BCUT2D eigenvalue weighted by molar-refractivity contribution is -0.384. The fraction of sp³-hybridized carbons (Fsp3) is 0.439. The van der Waals surface area contributed by atoms with E-state index in [0.717, 1.165) is 62.5 Å². The van der Waals surface area contributed by atoms with Gasteiger partial charge in [0.1, 0.15) is 33.7 Å². The third-order valence-electron chi connectivity index (χ3n) is 16.8. The zero-order valence-corrected chi connectivity index (χ0v) is 44.2. The molecule has 2 saturated heterocycles. The number of H-pyrrole nitrogens is 1. The maximum Gasteiger partial charge on any atom is 0.297 e. The van der Waals surface area contributed by atoms with Crippen LogP contribution in [0.5, 0.6) is 23.0 Å². The second-order valence-electron chi connectivity index (χ2n) is 22.2. The third kappa shape index (κ3) is 10.6. The summed E-state index contributed by atoms with van der Waals surface area (Å²) in [5.74, 6) is -1.73. The van der Waals surface area contributed by atoms with E-state index in [-0.39, 0.29) is 58.0 Å². The molecule has 5 heterocycles. The molecule has 2 saturated carbocycles. The third-order valence-corrected chi connectivity index (χ3v) is 18.1. The Bertz CT molecular complexity index is 3310. The zero-order chi connectivity index (χ0) is 53.8. The molecule has 0 unspecified atom stereocenters. The average Bonchev–Trinajstić information content (AvgIpc) is 4.09. The molecule has 20 heteroatoms. The van der Waals surface area contributed by atoms with Gasteiger partial charge in [-0.25, -0.2) is 26.9 Å². The molecule has 406 valence electrons. The van der Waals surface area contributed by atoms with Crippen LogP contribution >= 0.6 is 0 Å². The van der Waals surface area contributed by atoms with Gasteiger partial charge in [-0.1, -0.05) is 44.2 Å². The first-order valence-corrected chi connectivity index (χ1v) is 28.1. The van der Waals surface area contributed by atoms with Crippen LogP contribution in [0.2, 0.25) is 0 Å². The van der Waals surface area contributed by atoms with Gasteiger partial charge in [0.25, 0.3) is 21.6 Å². The number of ether oxygens (including phenoxy) is 3. The molecule has 1 atom stereocenters. The number of sulfonamides is 1. The van der Waals surface area contributed by atoms with Crippen LogP contribution in [0, 0.1) is 33.1 Å². The first-order valence-electron chi connectivity index (χ1n) is 26.6. The molecule has 0 radical (unpaired) electrons. The van der Waals surface area contributed by atoms with Crippen LogP contribution in [0.3, 0.4) is 0 Å². The standard InChI is InChI=1S/C57H64F2N8O9S/c1-35(2)41-7-4-5-8-42(41)48-33-64(32-44-45(58)9-6-10-46(44)59)23-24-66(48)39-28-57(29-39)18-21-65(22-19-57)38-11-12-43(49(26-38)76-40-25-37-15-20-60-54(37)62-31-40)55(68)63-77(72,73)50-27-47(67(70)71)51(53-52(50)74-34-75-53)61-30-36-13-16-56(3,69)17-14-36/h4-12,15,20,25-27,31,35-36,39,48,61,69H,13-14,16-19,21-24,28-30,32-34H2,1-3H3,(H,60,62)(H,63,68)/t36-,48-,56-/m0/s1. The van der Waals surface area contributed by atoms with Crippen molar-refractivity contribution < 1.29 is 46.2 Å². The number of carbonyl (C=O) groups is 1. The van der Waals surface area contributed by atoms with E-state index in [0.29, 0.717) is 68.7 Å². The fourth-order valence-corrected chi connectivity index (χ4v) is 13.5. The number of nitrogens with zero attached hydrogens (tertiary/aromatic N) is 5. The van der Waals surface area contributed by atoms with Crippen molar-refractivity contribution in [2.24, 2.45) is 11.3 Å². The number of pyridine rings is 1. The Labute approximate surface area is 446 Å². The quantitative estimate of drug-likeness (QED) is 0.0558. The molecule has 3 aliphatic heterocycles. The molecule has 6 aromatic rings. The van der Waals surface area contributed by atoms with Crippen LogP contribution in [0.4, 0.5) is 25.8 Å². The molecule has 17 nitrogen and oxygen atoms in total. The number of piperazine rings is 1. The van der Waals surface area contributed by atoms with E-state index in [1.807, 2.05) is 6.07 Å². The number of carbonyl (C=O) groups excluding carboxylic acids is 1. The Balaban J connectivity index is 0.806. The molecule has 11 rings (SSSR count). The SMILES string of the molecule is CC(C)c1ccccc1[C@@H]1CN(Cc2c(F)cccc2F)CCN1C1CC2(CCN(c3ccc(C(=O)NS(=O)(=O)c4cc([N+](=O)[O-])c(NC[C@H]5CC[C@](C)(O)CC5)c5c4OCO5)c(Oc4cnc5[nH]ccc5c4)c3)CC2)C1. The number of hydrogen-bond donors (Lipinski definition) is 4. The molecule has 4 fully saturated rings. The predicted molar refractivity (Wildman–Crippen MR) is 286 cm³/mol. The average molecular weight is 1080 g/mol. The van der Waals surface area contributed by atoms with E-state index in [9.17, 15) is 37.2 Å². The monoisotopic (exact) mass is 1070 g/mol. The second-order valence-corrected chi connectivity index (χ2v) is 23.9. The second kappa shape index (κ2) is 20.8. The van der Waals surface area contributed by atoms with Crippen LogP contribution in [0.25, 0.3) is 11.0 Å². The summed E-state index contributed by atoms with van der Waals surface area (Å²) in [7, 11) is -4.84. The largest absolute Gasteiger partial charge is 0.455 e. The number of piperidine rings is 1. The lowest BCUT2D eigenvalue weighted by atomic mass is 9.59. The summed E-state index contributed by atoms with van der Waals surface area (Å²) in [5.41, 5.74) is 2.68. The summed E-state index contributed by atoms with van der Waals surface area (Å²) in [4.78, 5) is 40.1. The lowest BCUT2D eigenvalue weighted by Gasteiger charge is -2.58. The number of nitro groups is 1. The van der Waals surface area contributed by atoms with E-state index in [2.05, 4.69) is 72.8 Å². The number of anilines is 2. The predicted octanol–water partition coefficient (Wildman–Crippen LogP) is 10.2. The van der Waals surface area contributed by atoms with Gasteiger partial charge in [-0.05, 0) is 123 Å². The summed E-state index contributed by atoms with van der Waals surface area (Å²) in [6.45, 7) is 9.88. The molecule has 1 spiro atoms. The highest BCUT2D eigenvalue weighted by Crippen LogP contribution is 2.54. The molecule has 5 aliphatic rings. The number of rotatable bonds is 15. The molecule has 1 amide bonds. The number of nitro benzene ring substituents is 1. The first kappa shape index (κ1) is 52.2. The van der Waals surface area contributed by atoms with Gasteiger partial charge >= 0.3 is 0 Å². The van der Waals surface area contributed by atoms with Crippen molar-refractivity contribution in [3.8, 4) is 23.0 Å². The summed E-state index contributed by atoms with van der Waals surface area (Å²) >= 11 is 0. The van der Waals surface area contributed by atoms with Crippen LogP contribution in [0.1, 0.15) is 111 Å². The van der Waals surface area contributed by atoms with Crippen LogP contribution in [-0.4, -0.2) is 102 Å². The van der Waals surface area contributed by atoms with Gasteiger partial charge in [-0.2, -0.15) is 0 Å². The zero-order valence-electron chi connectivity index (χ0n) is 43.4. The fourth-order valence-electron chi connectivity index (χ4n) is 12.4. The number of aromatic nitrogens is 2. The van der Waals surface area contributed by atoms with E-state index in [1.54, 1.807) is 31.3 Å². The molecular weight excluding hydrogens is 1010 g/mol. The minimum Gasteiger partial charge on any atom is -0.455 e. The number of hydrogen-bond acceptors (Lipinski definition) is 14. The summed E-state index contributed by atoms with van der Waals surface area (Å²) < 4.78 is 78.1. The van der Waals surface area contributed by atoms with Gasteiger partial charge < -0.3 is 34.5 Å². The number of aliphatic hydroxyl groups is 1. The van der Waals surface area contributed by atoms with Gasteiger partial charge in [0.05, 0.1) is 22.3 Å². The van der Waals surface area contributed by atoms with Gasteiger partial charge in [-0.15, -0.1) is 0 Å². The first-order chi connectivity index (χ1) is 36.9. The molecule has 4 aromatic carbocycles.